The lowest BCUT2D eigenvalue weighted by Crippen LogP contribution is -2.83. The van der Waals surface area contributed by atoms with Crippen molar-refractivity contribution in [1.82, 2.24) is 4.57 Å². The van der Waals surface area contributed by atoms with Gasteiger partial charge in [-0.15, -0.1) is 0 Å². The highest BCUT2D eigenvalue weighted by Crippen LogP contribution is 2.32. The predicted octanol–water partition coefficient (Wildman–Crippen LogP) is 3.85. The van der Waals surface area contributed by atoms with Crippen molar-refractivity contribution >= 4 is 21.8 Å². The van der Waals surface area contributed by atoms with E-state index in [1.54, 1.807) is 0 Å². The summed E-state index contributed by atoms with van der Waals surface area (Å²) in [4.78, 5) is 0. The highest BCUT2D eigenvalue weighted by molar-refractivity contribution is 6.08. The number of fused-ring (bicyclic) bond motifs is 4. The Bertz CT molecular complexity index is 1150. The fourth-order valence-corrected chi connectivity index (χ4v) is 4.20. The average molecular weight is 373 g/mol. The second-order valence-corrected chi connectivity index (χ2v) is 7.33. The molecule has 2 heterocycles. The van der Waals surface area contributed by atoms with Gasteiger partial charge in [0.15, 0.2) is 11.5 Å². The molecule has 1 aromatic heterocycles. The summed E-state index contributed by atoms with van der Waals surface area (Å²) in [5.41, 5.74) is 5.32. The molecule has 142 valence electrons. The summed E-state index contributed by atoms with van der Waals surface area (Å²) < 4.78 is 13.2. The van der Waals surface area contributed by atoms with Crippen molar-refractivity contribution in [2.45, 2.75) is 26.4 Å². The number of hydrogen-bond acceptors (Lipinski definition) is 2. The Morgan fingerprint density at radius 2 is 1.68 bits per heavy atom. The monoisotopic (exact) mass is 373 g/mol. The number of benzene rings is 3. The summed E-state index contributed by atoms with van der Waals surface area (Å²) in [6, 6.07) is 21.9. The molecule has 4 aromatic rings. The Morgan fingerprint density at radius 3 is 2.61 bits per heavy atom. The molecule has 2 N–H and O–H groups in total. The summed E-state index contributed by atoms with van der Waals surface area (Å²) in [5.74, 6) is 1.72. The molecule has 0 aliphatic carbocycles. The van der Waals surface area contributed by atoms with Crippen LogP contribution in [0.4, 0.5) is 0 Å². The smallest absolute Gasteiger partial charge is 0.231 e. The fourth-order valence-electron chi connectivity index (χ4n) is 4.20. The van der Waals surface area contributed by atoms with E-state index in [0.717, 1.165) is 37.6 Å². The highest BCUT2D eigenvalue weighted by atomic mass is 16.7. The Balaban J connectivity index is 1.28. The second-order valence-electron chi connectivity index (χ2n) is 7.33. The van der Waals surface area contributed by atoms with Crippen LogP contribution in [0.2, 0.25) is 0 Å². The summed E-state index contributed by atoms with van der Waals surface area (Å²) in [6.45, 7) is 5.58. The lowest BCUT2D eigenvalue weighted by Gasteiger charge is -2.05. The molecular formula is C24H25N2O2+. The number of nitrogens with two attached hydrogens (primary N) is 1. The van der Waals surface area contributed by atoms with Gasteiger partial charge in [-0.05, 0) is 42.8 Å². The van der Waals surface area contributed by atoms with Crippen LogP contribution >= 0.6 is 0 Å². The number of para-hydroxylation sites is 1. The maximum Gasteiger partial charge on any atom is 0.231 e. The van der Waals surface area contributed by atoms with Crippen LogP contribution in [0.3, 0.4) is 0 Å². The Hall–Kier alpha value is -2.98. The Labute approximate surface area is 164 Å². The Morgan fingerprint density at radius 1 is 0.857 bits per heavy atom. The number of aromatic nitrogens is 1. The molecule has 0 radical (unpaired) electrons. The Kier molecular flexibility index (Phi) is 4.41. The quantitative estimate of drug-likeness (QED) is 0.522. The molecule has 28 heavy (non-hydrogen) atoms. The third-order valence-electron chi connectivity index (χ3n) is 5.61. The molecule has 3 aromatic carbocycles. The molecule has 5 rings (SSSR count). The summed E-state index contributed by atoms with van der Waals surface area (Å²) >= 11 is 0. The van der Waals surface area contributed by atoms with E-state index in [-0.39, 0.29) is 0 Å². The summed E-state index contributed by atoms with van der Waals surface area (Å²) in [6.07, 6.45) is 1.02. The highest BCUT2D eigenvalue weighted by Gasteiger charge is 2.13. The van der Waals surface area contributed by atoms with E-state index < -0.39 is 0 Å². The van der Waals surface area contributed by atoms with Crippen LogP contribution in [0.1, 0.15) is 18.1 Å². The molecule has 0 atom stereocenters. The number of ether oxygens (including phenoxy) is 2. The molecule has 0 fully saturated rings. The van der Waals surface area contributed by atoms with Gasteiger partial charge in [-0.25, -0.2) is 0 Å². The van der Waals surface area contributed by atoms with Crippen molar-refractivity contribution in [2.24, 2.45) is 0 Å². The van der Waals surface area contributed by atoms with Gasteiger partial charge in [-0.1, -0.05) is 30.3 Å². The molecule has 0 spiro atoms. The third-order valence-corrected chi connectivity index (χ3v) is 5.61. The third kappa shape index (κ3) is 3.00. The van der Waals surface area contributed by atoms with Gasteiger partial charge in [0.25, 0.3) is 0 Å². The second kappa shape index (κ2) is 7.21. The average Bonchev–Trinajstić information content (AvgIpc) is 3.32. The zero-order valence-electron chi connectivity index (χ0n) is 16.2. The largest absolute Gasteiger partial charge is 0.454 e. The standard InChI is InChI=1S/C24H24N2O2/c1-2-26-21-6-4-3-5-19(21)20-13-18(7-9-22(20)26)15-25-12-11-17-8-10-23-24(14-17)28-16-27-23/h3-10,13-14,25H,2,11-12,15-16H2,1H3/p+1. The molecule has 0 unspecified atom stereocenters. The van der Waals surface area contributed by atoms with E-state index in [9.17, 15) is 0 Å². The topological polar surface area (TPSA) is 40.0 Å². The van der Waals surface area contributed by atoms with Gasteiger partial charge in [0, 0.05) is 40.3 Å². The molecule has 0 saturated heterocycles. The first-order chi connectivity index (χ1) is 13.8. The first kappa shape index (κ1) is 17.1. The molecule has 1 aliphatic rings. The van der Waals surface area contributed by atoms with E-state index >= 15 is 0 Å². The number of aryl methyl sites for hydroxylation is 1. The minimum absolute atomic E-state index is 0.335. The van der Waals surface area contributed by atoms with E-state index in [1.165, 1.54) is 32.9 Å². The normalized spacial score (nSPS) is 12.9. The van der Waals surface area contributed by atoms with Crippen LogP contribution in [0.25, 0.3) is 21.8 Å². The van der Waals surface area contributed by atoms with Crippen LogP contribution < -0.4 is 14.8 Å². The van der Waals surface area contributed by atoms with Crippen LogP contribution in [0.5, 0.6) is 11.5 Å². The number of quaternary nitrogens is 1. The van der Waals surface area contributed by atoms with Gasteiger partial charge >= 0.3 is 0 Å². The molecule has 0 saturated carbocycles. The van der Waals surface area contributed by atoms with Crippen molar-refractivity contribution in [3.63, 3.8) is 0 Å². The molecule has 4 nitrogen and oxygen atoms in total. The predicted molar refractivity (Wildman–Crippen MR) is 112 cm³/mol. The lowest BCUT2D eigenvalue weighted by atomic mass is 10.1. The van der Waals surface area contributed by atoms with Crippen molar-refractivity contribution in [3.8, 4) is 11.5 Å². The SMILES string of the molecule is CCn1c2ccccc2c2cc(C[NH2+]CCc3ccc4c(c3)OCO4)ccc21. The first-order valence-corrected chi connectivity index (χ1v) is 10.0. The van der Waals surface area contributed by atoms with E-state index in [1.807, 2.05) is 6.07 Å². The van der Waals surface area contributed by atoms with Crippen LogP contribution in [0.15, 0.2) is 60.7 Å². The number of rotatable bonds is 6. The molecule has 1 aliphatic heterocycles. The zero-order chi connectivity index (χ0) is 18.9. The fraction of sp³-hybridized carbons (Fsp3) is 0.250. The minimum Gasteiger partial charge on any atom is -0.454 e. The van der Waals surface area contributed by atoms with Gasteiger partial charge in [0.2, 0.25) is 6.79 Å². The molecular weight excluding hydrogens is 348 g/mol. The number of hydrogen-bond donors (Lipinski definition) is 1. The molecule has 0 bridgehead atoms. The minimum atomic E-state index is 0.335. The van der Waals surface area contributed by atoms with Crippen molar-refractivity contribution in [3.05, 3.63) is 71.8 Å². The van der Waals surface area contributed by atoms with Crippen LogP contribution in [-0.2, 0) is 19.5 Å². The van der Waals surface area contributed by atoms with Crippen LogP contribution in [-0.4, -0.2) is 17.9 Å². The summed E-state index contributed by atoms with van der Waals surface area (Å²) in [7, 11) is 0. The van der Waals surface area contributed by atoms with Crippen LogP contribution in [0, 0.1) is 0 Å². The van der Waals surface area contributed by atoms with Gasteiger partial charge in [0.05, 0.1) is 6.54 Å². The number of nitrogens with zero attached hydrogens (tertiary/aromatic N) is 1. The maximum absolute atomic E-state index is 5.47. The zero-order valence-corrected chi connectivity index (χ0v) is 16.2. The van der Waals surface area contributed by atoms with Gasteiger partial charge in [0.1, 0.15) is 6.54 Å². The lowest BCUT2D eigenvalue weighted by molar-refractivity contribution is -0.670. The van der Waals surface area contributed by atoms with Gasteiger partial charge in [-0.2, -0.15) is 0 Å². The summed E-state index contributed by atoms with van der Waals surface area (Å²) in [5, 5.41) is 5.09. The van der Waals surface area contributed by atoms with Gasteiger partial charge in [-0.3, -0.25) is 0 Å². The molecule has 0 amide bonds. The van der Waals surface area contributed by atoms with Crippen molar-refractivity contribution < 1.29 is 14.8 Å². The van der Waals surface area contributed by atoms with Gasteiger partial charge < -0.3 is 19.4 Å². The first-order valence-electron chi connectivity index (χ1n) is 10.0. The van der Waals surface area contributed by atoms with E-state index in [0.29, 0.717) is 6.79 Å². The maximum atomic E-state index is 5.47. The molecule has 4 heteroatoms. The van der Waals surface area contributed by atoms with E-state index in [4.69, 9.17) is 9.47 Å². The van der Waals surface area contributed by atoms with E-state index in [2.05, 4.69) is 71.4 Å². The van der Waals surface area contributed by atoms with Crippen molar-refractivity contribution in [2.75, 3.05) is 13.3 Å². The van der Waals surface area contributed by atoms with Crippen molar-refractivity contribution in [1.29, 1.82) is 0 Å².